The first-order chi connectivity index (χ1) is 9.78. The Morgan fingerprint density at radius 2 is 1.76 bits per heavy atom. The van der Waals surface area contributed by atoms with E-state index in [1.54, 1.807) is 0 Å². The van der Waals surface area contributed by atoms with E-state index in [1.165, 1.54) is 7.11 Å². The van der Waals surface area contributed by atoms with Crippen molar-refractivity contribution in [1.82, 2.24) is 0 Å². The Kier molecular flexibility index (Phi) is 9.81. The molecular weight excluding hydrogens is 284 g/mol. The number of carbonyl (C=O) groups is 2. The van der Waals surface area contributed by atoms with E-state index in [0.717, 1.165) is 12.8 Å². The minimum absolute atomic E-state index is 0.270. The fraction of sp³-hybridized carbons (Fsp3) is 0.750. The van der Waals surface area contributed by atoms with Crippen LogP contribution in [0.3, 0.4) is 0 Å². The van der Waals surface area contributed by atoms with E-state index in [-0.39, 0.29) is 5.78 Å². The number of rotatable bonds is 8. The number of carbonyl (C=O) groups excluding carboxylic acids is 2. The van der Waals surface area contributed by atoms with Gasteiger partial charge in [0.25, 0.3) is 0 Å². The fourth-order valence-electron chi connectivity index (χ4n) is 1.61. The Labute approximate surface area is 129 Å². The van der Waals surface area contributed by atoms with Gasteiger partial charge in [-0.2, -0.15) is 0 Å². The van der Waals surface area contributed by atoms with Gasteiger partial charge in [-0.15, -0.1) is 5.54 Å². The maximum absolute atomic E-state index is 11.6. The summed E-state index contributed by atoms with van der Waals surface area (Å²) in [6.07, 6.45) is 3.19. The van der Waals surface area contributed by atoms with E-state index in [0.29, 0.717) is 25.7 Å². The van der Waals surface area contributed by atoms with Gasteiger partial charge in [-0.05, 0) is 19.3 Å². The molecule has 0 fully saturated rings. The van der Waals surface area contributed by atoms with Crippen molar-refractivity contribution in [2.45, 2.75) is 71.2 Å². The summed E-state index contributed by atoms with van der Waals surface area (Å²) in [6, 6.07) is 0. The molecule has 0 amide bonds. The molecule has 0 heterocycles. The number of ketones is 1. The van der Waals surface area contributed by atoms with Crippen molar-refractivity contribution < 1.29 is 19.1 Å². The second-order valence-corrected chi connectivity index (χ2v) is 10.9. The zero-order valence-corrected chi connectivity index (χ0v) is 15.0. The van der Waals surface area contributed by atoms with Crippen molar-refractivity contribution in [1.29, 1.82) is 0 Å². The summed E-state index contributed by atoms with van der Waals surface area (Å²) >= 11 is 0. The van der Waals surface area contributed by atoms with Gasteiger partial charge in [-0.25, -0.2) is 4.79 Å². The molecule has 0 aliphatic carbocycles. The van der Waals surface area contributed by atoms with Crippen LogP contribution >= 0.6 is 0 Å². The molecule has 0 aliphatic heterocycles. The number of ether oxygens (including phenoxy) is 2. The molecule has 0 aromatic rings. The zero-order chi connectivity index (χ0) is 16.3. The number of hydrogen-bond acceptors (Lipinski definition) is 4. The molecule has 0 rings (SSSR count). The second kappa shape index (κ2) is 10.4. The average molecular weight is 312 g/mol. The third-order valence-corrected chi connectivity index (χ3v) is 3.64. The van der Waals surface area contributed by atoms with Crippen molar-refractivity contribution in [2.75, 3.05) is 7.11 Å². The molecule has 0 N–H and O–H groups in total. The minimum Gasteiger partial charge on any atom is -0.438 e. The van der Waals surface area contributed by atoms with Gasteiger partial charge < -0.3 is 9.47 Å². The molecule has 120 valence electrons. The van der Waals surface area contributed by atoms with E-state index in [4.69, 9.17) is 4.74 Å². The predicted molar refractivity (Wildman–Crippen MR) is 86.8 cm³/mol. The molecule has 1 unspecified atom stereocenters. The van der Waals surface area contributed by atoms with Crippen molar-refractivity contribution >= 4 is 20.0 Å². The maximum Gasteiger partial charge on any atom is 0.509 e. The highest BCUT2D eigenvalue weighted by Crippen LogP contribution is 2.09. The molecule has 0 aromatic heterocycles. The van der Waals surface area contributed by atoms with Crippen molar-refractivity contribution in [2.24, 2.45) is 0 Å². The topological polar surface area (TPSA) is 52.6 Å². The number of unbranched alkanes of at least 4 members (excludes halogenated alkanes) is 1. The van der Waals surface area contributed by atoms with Gasteiger partial charge in [-0.1, -0.05) is 38.9 Å². The van der Waals surface area contributed by atoms with Crippen LogP contribution in [0.15, 0.2) is 0 Å². The standard InChI is InChI=1S/C16H28O4Si/c1-6-7-9-14(17)10-8-11-15(20-16(18)19-2)12-13-21(3,4)5/h15H,6-11H2,1-5H3. The monoisotopic (exact) mass is 312 g/mol. The van der Waals surface area contributed by atoms with Gasteiger partial charge in [0.2, 0.25) is 0 Å². The summed E-state index contributed by atoms with van der Waals surface area (Å²) in [6.45, 7) is 8.45. The summed E-state index contributed by atoms with van der Waals surface area (Å²) in [5.41, 5.74) is 3.20. The van der Waals surface area contributed by atoms with E-state index in [2.05, 4.69) is 42.8 Å². The Bertz CT molecular complexity index is 387. The Hall–Kier alpha value is -1.28. The Balaban J connectivity index is 4.37. The van der Waals surface area contributed by atoms with E-state index < -0.39 is 20.3 Å². The molecule has 21 heavy (non-hydrogen) atoms. The van der Waals surface area contributed by atoms with Crippen molar-refractivity contribution in [3.63, 3.8) is 0 Å². The van der Waals surface area contributed by atoms with Gasteiger partial charge in [0.05, 0.1) is 7.11 Å². The van der Waals surface area contributed by atoms with Gasteiger partial charge in [0, 0.05) is 12.8 Å². The number of Topliss-reactive ketones (excluding diaryl/α,β-unsaturated/α-hetero) is 1. The fourth-order valence-corrected chi connectivity index (χ4v) is 2.20. The molecular formula is C16H28O4Si. The van der Waals surface area contributed by atoms with Crippen LogP contribution in [-0.2, 0) is 14.3 Å². The van der Waals surface area contributed by atoms with E-state index in [1.807, 2.05) is 0 Å². The van der Waals surface area contributed by atoms with Crippen LogP contribution in [0.4, 0.5) is 4.79 Å². The highest BCUT2D eigenvalue weighted by atomic mass is 28.3. The first kappa shape index (κ1) is 19.7. The molecule has 0 saturated heterocycles. The molecule has 5 heteroatoms. The summed E-state index contributed by atoms with van der Waals surface area (Å²) in [4.78, 5) is 22.8. The lowest BCUT2D eigenvalue weighted by Gasteiger charge is -2.12. The molecule has 1 atom stereocenters. The largest absolute Gasteiger partial charge is 0.509 e. The molecule has 0 saturated carbocycles. The number of hydrogen-bond donors (Lipinski definition) is 0. The van der Waals surface area contributed by atoms with E-state index in [9.17, 15) is 9.59 Å². The third kappa shape index (κ3) is 12.2. The lowest BCUT2D eigenvalue weighted by molar-refractivity contribution is -0.119. The normalized spacial score (nSPS) is 12.0. The van der Waals surface area contributed by atoms with Crippen LogP contribution in [0.5, 0.6) is 0 Å². The van der Waals surface area contributed by atoms with Crippen LogP contribution in [0, 0.1) is 11.5 Å². The van der Waals surface area contributed by atoms with Crippen LogP contribution < -0.4 is 0 Å². The van der Waals surface area contributed by atoms with Crippen LogP contribution in [0.25, 0.3) is 0 Å². The molecule has 0 radical (unpaired) electrons. The van der Waals surface area contributed by atoms with Crippen LogP contribution in [-0.4, -0.2) is 33.2 Å². The molecule has 0 aliphatic rings. The van der Waals surface area contributed by atoms with Crippen LogP contribution in [0.1, 0.15) is 45.4 Å². The minimum atomic E-state index is -1.52. The molecule has 4 nitrogen and oxygen atoms in total. The average Bonchev–Trinajstić information content (AvgIpc) is 2.41. The Morgan fingerprint density at radius 3 is 2.29 bits per heavy atom. The summed E-state index contributed by atoms with van der Waals surface area (Å²) in [5, 5.41) is 0. The predicted octanol–water partition coefficient (Wildman–Crippen LogP) is 3.95. The lowest BCUT2D eigenvalue weighted by Crippen LogP contribution is -2.21. The third-order valence-electron chi connectivity index (χ3n) is 2.74. The molecule has 0 spiro atoms. The summed E-state index contributed by atoms with van der Waals surface area (Å²) in [5.74, 6) is 3.29. The van der Waals surface area contributed by atoms with Crippen LogP contribution in [0.2, 0.25) is 19.6 Å². The highest BCUT2D eigenvalue weighted by molar-refractivity contribution is 6.83. The molecule has 0 aromatic carbocycles. The SMILES string of the molecule is CCCCC(=O)CCCC(C#C[Si](C)(C)C)OC(=O)OC. The summed E-state index contributed by atoms with van der Waals surface area (Å²) < 4.78 is 9.64. The molecule has 0 bridgehead atoms. The first-order valence-electron chi connectivity index (χ1n) is 7.57. The Morgan fingerprint density at radius 1 is 1.14 bits per heavy atom. The van der Waals surface area contributed by atoms with Gasteiger partial charge in [-0.3, -0.25) is 4.79 Å². The first-order valence-corrected chi connectivity index (χ1v) is 11.1. The van der Waals surface area contributed by atoms with E-state index >= 15 is 0 Å². The number of methoxy groups -OCH3 is 1. The summed E-state index contributed by atoms with van der Waals surface area (Å²) in [7, 11) is -0.243. The lowest BCUT2D eigenvalue weighted by atomic mass is 10.1. The van der Waals surface area contributed by atoms with Crippen molar-refractivity contribution in [3.8, 4) is 11.5 Å². The van der Waals surface area contributed by atoms with Gasteiger partial charge in [0.15, 0.2) is 6.10 Å². The quantitative estimate of drug-likeness (QED) is 0.387. The zero-order valence-electron chi connectivity index (χ0n) is 14.0. The maximum atomic E-state index is 11.6. The smallest absolute Gasteiger partial charge is 0.438 e. The second-order valence-electron chi connectivity index (χ2n) is 6.11. The van der Waals surface area contributed by atoms with Gasteiger partial charge >= 0.3 is 6.16 Å². The van der Waals surface area contributed by atoms with Gasteiger partial charge in [0.1, 0.15) is 13.9 Å². The van der Waals surface area contributed by atoms with Crippen molar-refractivity contribution in [3.05, 3.63) is 0 Å². The highest BCUT2D eigenvalue weighted by Gasteiger charge is 2.15.